The SMILES string of the molecule is C=C(c1cc(C)ccc1C)N(c1ccc(-c2cnc(N)nc2)cc1C)C(C)(C)C. The second-order valence-electron chi connectivity index (χ2n) is 8.60. The lowest BCUT2D eigenvalue weighted by molar-refractivity contribution is 0.562. The van der Waals surface area contributed by atoms with Gasteiger partial charge in [0.2, 0.25) is 5.95 Å². The number of nitrogens with zero attached hydrogens (tertiary/aromatic N) is 3. The molecule has 4 heteroatoms. The molecule has 0 aliphatic rings. The van der Waals surface area contributed by atoms with Crippen LogP contribution in [0.15, 0.2) is 55.4 Å². The molecule has 1 aromatic heterocycles. The van der Waals surface area contributed by atoms with Crippen molar-refractivity contribution < 1.29 is 0 Å². The van der Waals surface area contributed by atoms with Crippen molar-refractivity contribution in [2.45, 2.75) is 47.1 Å². The quantitative estimate of drug-likeness (QED) is 0.604. The maximum atomic E-state index is 5.62. The molecule has 0 amide bonds. The zero-order valence-electron chi connectivity index (χ0n) is 18.2. The van der Waals surface area contributed by atoms with Crippen LogP contribution >= 0.6 is 0 Å². The molecular weight excluding hydrogens is 356 g/mol. The summed E-state index contributed by atoms with van der Waals surface area (Å²) in [5, 5.41) is 0. The smallest absolute Gasteiger partial charge is 0.219 e. The van der Waals surface area contributed by atoms with Gasteiger partial charge in [-0.25, -0.2) is 9.97 Å². The van der Waals surface area contributed by atoms with Gasteiger partial charge in [-0.3, -0.25) is 0 Å². The minimum absolute atomic E-state index is 0.135. The van der Waals surface area contributed by atoms with E-state index in [1.807, 2.05) is 0 Å². The number of hydrogen-bond acceptors (Lipinski definition) is 4. The van der Waals surface area contributed by atoms with Crippen LogP contribution < -0.4 is 10.6 Å². The summed E-state index contributed by atoms with van der Waals surface area (Å²) in [5.74, 6) is 0.283. The Morgan fingerprint density at radius 3 is 2.14 bits per heavy atom. The molecule has 0 aliphatic carbocycles. The third kappa shape index (κ3) is 4.32. The number of nitrogen functional groups attached to an aromatic ring is 1. The summed E-state index contributed by atoms with van der Waals surface area (Å²) >= 11 is 0. The summed E-state index contributed by atoms with van der Waals surface area (Å²) < 4.78 is 0. The Labute approximate surface area is 174 Å². The predicted molar refractivity (Wildman–Crippen MR) is 124 cm³/mol. The fourth-order valence-electron chi connectivity index (χ4n) is 3.65. The summed E-state index contributed by atoms with van der Waals surface area (Å²) in [4.78, 5) is 10.5. The first-order chi connectivity index (χ1) is 13.6. The van der Waals surface area contributed by atoms with Crippen LogP contribution in [-0.4, -0.2) is 15.5 Å². The third-order valence-corrected chi connectivity index (χ3v) is 5.09. The normalized spacial score (nSPS) is 11.4. The Balaban J connectivity index is 2.07. The highest BCUT2D eigenvalue weighted by molar-refractivity contribution is 5.83. The zero-order valence-corrected chi connectivity index (χ0v) is 18.2. The number of aryl methyl sites for hydroxylation is 3. The van der Waals surface area contributed by atoms with Gasteiger partial charge in [-0.2, -0.15) is 0 Å². The maximum absolute atomic E-state index is 5.62. The lowest BCUT2D eigenvalue weighted by Gasteiger charge is -2.40. The lowest BCUT2D eigenvalue weighted by atomic mass is 9.95. The van der Waals surface area contributed by atoms with Crippen LogP contribution in [0.25, 0.3) is 16.8 Å². The molecule has 0 saturated carbocycles. The van der Waals surface area contributed by atoms with Crippen molar-refractivity contribution in [3.63, 3.8) is 0 Å². The van der Waals surface area contributed by atoms with E-state index >= 15 is 0 Å². The summed E-state index contributed by atoms with van der Waals surface area (Å²) in [6, 6.07) is 12.9. The van der Waals surface area contributed by atoms with Crippen molar-refractivity contribution >= 4 is 17.3 Å². The van der Waals surface area contributed by atoms with Crippen molar-refractivity contribution in [2.75, 3.05) is 10.6 Å². The average molecular weight is 387 g/mol. The van der Waals surface area contributed by atoms with Gasteiger partial charge in [0.25, 0.3) is 0 Å². The minimum atomic E-state index is -0.135. The molecule has 0 saturated heterocycles. The van der Waals surface area contributed by atoms with Gasteiger partial charge in [-0.05, 0) is 76.4 Å². The van der Waals surface area contributed by atoms with Crippen LogP contribution in [0.3, 0.4) is 0 Å². The second kappa shape index (κ2) is 7.70. The third-order valence-electron chi connectivity index (χ3n) is 5.09. The van der Waals surface area contributed by atoms with Gasteiger partial charge in [0.15, 0.2) is 0 Å². The van der Waals surface area contributed by atoms with E-state index in [4.69, 9.17) is 5.73 Å². The van der Waals surface area contributed by atoms with Crippen LogP contribution in [0.5, 0.6) is 0 Å². The van der Waals surface area contributed by atoms with Crippen LogP contribution in [-0.2, 0) is 0 Å². The van der Waals surface area contributed by atoms with E-state index in [1.165, 1.54) is 22.3 Å². The summed E-state index contributed by atoms with van der Waals surface area (Å²) in [5.41, 5.74) is 14.4. The van der Waals surface area contributed by atoms with Crippen molar-refractivity contribution in [1.82, 2.24) is 9.97 Å². The van der Waals surface area contributed by atoms with Gasteiger partial charge < -0.3 is 10.6 Å². The van der Waals surface area contributed by atoms with E-state index in [2.05, 4.69) is 99.4 Å². The number of anilines is 2. The van der Waals surface area contributed by atoms with Crippen LogP contribution in [0.1, 0.15) is 43.0 Å². The van der Waals surface area contributed by atoms with Crippen molar-refractivity contribution in [3.8, 4) is 11.1 Å². The average Bonchev–Trinajstić information content (AvgIpc) is 2.64. The Morgan fingerprint density at radius 1 is 0.897 bits per heavy atom. The number of aromatic nitrogens is 2. The Kier molecular flexibility index (Phi) is 5.47. The van der Waals surface area contributed by atoms with Crippen molar-refractivity contribution in [2.24, 2.45) is 0 Å². The highest BCUT2D eigenvalue weighted by Crippen LogP contribution is 2.37. The van der Waals surface area contributed by atoms with Gasteiger partial charge in [-0.1, -0.05) is 30.3 Å². The first-order valence-corrected chi connectivity index (χ1v) is 9.83. The van der Waals surface area contributed by atoms with Crippen molar-refractivity contribution in [1.29, 1.82) is 0 Å². The van der Waals surface area contributed by atoms with Gasteiger partial charge in [0, 0.05) is 40.4 Å². The van der Waals surface area contributed by atoms with Crippen LogP contribution in [0, 0.1) is 20.8 Å². The van der Waals surface area contributed by atoms with Gasteiger partial charge >= 0.3 is 0 Å². The first kappa shape index (κ1) is 20.6. The highest BCUT2D eigenvalue weighted by atomic mass is 15.2. The second-order valence-corrected chi connectivity index (χ2v) is 8.60. The largest absolute Gasteiger partial charge is 0.368 e. The molecule has 0 radical (unpaired) electrons. The van der Waals surface area contributed by atoms with E-state index in [-0.39, 0.29) is 11.5 Å². The Hall–Kier alpha value is -3.14. The molecule has 150 valence electrons. The van der Waals surface area contributed by atoms with E-state index in [1.54, 1.807) is 12.4 Å². The fourth-order valence-corrected chi connectivity index (χ4v) is 3.65. The monoisotopic (exact) mass is 386 g/mol. The molecule has 3 aromatic rings. The molecule has 0 unspecified atom stereocenters. The molecule has 2 aromatic carbocycles. The first-order valence-electron chi connectivity index (χ1n) is 9.83. The predicted octanol–water partition coefficient (Wildman–Crippen LogP) is 5.93. The molecule has 1 heterocycles. The van der Waals surface area contributed by atoms with Crippen LogP contribution in [0.4, 0.5) is 11.6 Å². The molecule has 0 spiro atoms. The molecule has 0 bridgehead atoms. The van der Waals surface area contributed by atoms with E-state index in [0.29, 0.717) is 0 Å². The maximum Gasteiger partial charge on any atom is 0.219 e. The Morgan fingerprint density at radius 2 is 1.55 bits per heavy atom. The number of hydrogen-bond donors (Lipinski definition) is 1. The summed E-state index contributed by atoms with van der Waals surface area (Å²) in [6.45, 7) is 17.5. The number of benzene rings is 2. The molecule has 0 aliphatic heterocycles. The highest BCUT2D eigenvalue weighted by Gasteiger charge is 2.27. The molecule has 4 nitrogen and oxygen atoms in total. The molecule has 0 fully saturated rings. The zero-order chi connectivity index (χ0) is 21.3. The van der Waals surface area contributed by atoms with Gasteiger partial charge in [-0.15, -0.1) is 0 Å². The van der Waals surface area contributed by atoms with Crippen molar-refractivity contribution in [3.05, 3.63) is 77.6 Å². The van der Waals surface area contributed by atoms with Gasteiger partial charge in [0.05, 0.1) is 0 Å². The summed E-state index contributed by atoms with van der Waals surface area (Å²) in [6.07, 6.45) is 3.51. The molecule has 29 heavy (non-hydrogen) atoms. The van der Waals surface area contributed by atoms with E-state index in [0.717, 1.165) is 22.5 Å². The fraction of sp³-hybridized carbons (Fsp3) is 0.280. The number of rotatable bonds is 4. The number of nitrogens with two attached hydrogens (primary N) is 1. The standard InChI is InChI=1S/C25H30N4/c1-16-8-9-17(2)22(12-16)19(4)29(25(5,6)7)23-11-10-20(13-18(23)3)21-14-27-24(26)28-15-21/h8-15H,4H2,1-3,5-7H3,(H2,26,27,28). The van der Waals surface area contributed by atoms with E-state index < -0.39 is 0 Å². The molecular formula is C25H30N4. The minimum Gasteiger partial charge on any atom is -0.368 e. The lowest BCUT2D eigenvalue weighted by Crippen LogP contribution is -2.40. The Bertz CT molecular complexity index is 1040. The van der Waals surface area contributed by atoms with E-state index in [9.17, 15) is 0 Å². The summed E-state index contributed by atoms with van der Waals surface area (Å²) in [7, 11) is 0. The van der Waals surface area contributed by atoms with Crippen LogP contribution in [0.2, 0.25) is 0 Å². The molecule has 3 rings (SSSR count). The van der Waals surface area contributed by atoms with Gasteiger partial charge in [0.1, 0.15) is 0 Å². The molecule has 2 N–H and O–H groups in total. The molecule has 0 atom stereocenters. The topological polar surface area (TPSA) is 55.0 Å².